The second-order valence-electron chi connectivity index (χ2n) is 5.26. The predicted molar refractivity (Wildman–Crippen MR) is 74.6 cm³/mol. The first kappa shape index (κ1) is 14.2. The van der Waals surface area contributed by atoms with Gasteiger partial charge in [-0.15, -0.1) is 0 Å². The largest absolute Gasteiger partial charge is 0.497 e. The van der Waals surface area contributed by atoms with Gasteiger partial charge in [-0.2, -0.15) is 5.26 Å². The second kappa shape index (κ2) is 5.41. The van der Waals surface area contributed by atoms with Crippen LogP contribution in [0.1, 0.15) is 19.8 Å². The summed E-state index contributed by atoms with van der Waals surface area (Å²) in [5.74, 6) is 1.34. The minimum Gasteiger partial charge on any atom is -0.497 e. The fourth-order valence-corrected chi connectivity index (χ4v) is 2.59. The number of carbonyl (C=O) groups excluding carboxylic acids is 1. The number of benzene rings is 1. The maximum atomic E-state index is 12.3. The van der Waals surface area contributed by atoms with E-state index in [1.165, 1.54) is 0 Å². The molecule has 0 radical (unpaired) electrons. The van der Waals surface area contributed by atoms with Gasteiger partial charge in [0, 0.05) is 23.9 Å². The maximum Gasteiger partial charge on any atom is 0.244 e. The highest BCUT2D eigenvalue weighted by atomic mass is 16.5. The first-order valence-electron chi connectivity index (χ1n) is 6.49. The van der Waals surface area contributed by atoms with Crippen LogP contribution >= 0.6 is 0 Å². The summed E-state index contributed by atoms with van der Waals surface area (Å²) in [6.45, 7) is 2.04. The van der Waals surface area contributed by atoms with Gasteiger partial charge in [0.15, 0.2) is 0 Å². The van der Waals surface area contributed by atoms with Gasteiger partial charge in [0.05, 0.1) is 20.3 Å². The quantitative estimate of drug-likeness (QED) is 0.916. The number of carbonyl (C=O) groups is 1. The highest BCUT2D eigenvalue weighted by Crippen LogP contribution is 2.45. The molecule has 1 aliphatic rings. The van der Waals surface area contributed by atoms with E-state index in [1.54, 1.807) is 32.4 Å². The SMILES string of the molecule is COc1cc(NC(=O)C2(C#N)CC(C)C2)cc(OC)c1. The van der Waals surface area contributed by atoms with Crippen molar-refractivity contribution in [1.82, 2.24) is 0 Å². The molecule has 1 aromatic carbocycles. The van der Waals surface area contributed by atoms with Crippen molar-refractivity contribution in [1.29, 1.82) is 5.26 Å². The smallest absolute Gasteiger partial charge is 0.244 e. The fraction of sp³-hybridized carbons (Fsp3) is 0.467. The van der Waals surface area contributed by atoms with Crippen LogP contribution in [-0.2, 0) is 4.79 Å². The molecule has 1 aliphatic carbocycles. The molecule has 0 heterocycles. The Kier molecular flexibility index (Phi) is 3.84. The molecule has 0 spiro atoms. The molecular formula is C15H18N2O3. The molecule has 2 rings (SSSR count). The molecule has 1 amide bonds. The van der Waals surface area contributed by atoms with Gasteiger partial charge < -0.3 is 14.8 Å². The number of rotatable bonds is 4. The van der Waals surface area contributed by atoms with E-state index >= 15 is 0 Å². The van der Waals surface area contributed by atoms with Crippen LogP contribution < -0.4 is 14.8 Å². The van der Waals surface area contributed by atoms with E-state index in [1.807, 2.05) is 6.92 Å². The monoisotopic (exact) mass is 274 g/mol. The number of amides is 1. The molecule has 0 atom stereocenters. The number of hydrogen-bond acceptors (Lipinski definition) is 4. The Morgan fingerprint density at radius 1 is 1.30 bits per heavy atom. The van der Waals surface area contributed by atoms with E-state index < -0.39 is 5.41 Å². The van der Waals surface area contributed by atoms with E-state index in [-0.39, 0.29) is 5.91 Å². The van der Waals surface area contributed by atoms with Crippen LogP contribution in [0.3, 0.4) is 0 Å². The Balaban J connectivity index is 2.18. The molecule has 1 saturated carbocycles. The molecule has 20 heavy (non-hydrogen) atoms. The van der Waals surface area contributed by atoms with Gasteiger partial charge in [-0.1, -0.05) is 6.92 Å². The fourth-order valence-electron chi connectivity index (χ4n) is 2.59. The van der Waals surface area contributed by atoms with Crippen molar-refractivity contribution in [3.63, 3.8) is 0 Å². The summed E-state index contributed by atoms with van der Waals surface area (Å²) < 4.78 is 10.3. The summed E-state index contributed by atoms with van der Waals surface area (Å²) in [6.07, 6.45) is 1.22. The van der Waals surface area contributed by atoms with Gasteiger partial charge in [-0.25, -0.2) is 0 Å². The van der Waals surface area contributed by atoms with Gasteiger partial charge >= 0.3 is 0 Å². The number of nitrogens with zero attached hydrogens (tertiary/aromatic N) is 1. The highest BCUT2D eigenvalue weighted by Gasteiger charge is 2.48. The zero-order chi connectivity index (χ0) is 14.8. The summed E-state index contributed by atoms with van der Waals surface area (Å²) in [6, 6.07) is 7.28. The summed E-state index contributed by atoms with van der Waals surface area (Å²) in [5.41, 5.74) is -0.323. The number of nitrogens with one attached hydrogen (secondary N) is 1. The lowest BCUT2D eigenvalue weighted by Gasteiger charge is -2.39. The predicted octanol–water partition coefficient (Wildman–Crippen LogP) is 2.58. The average Bonchev–Trinajstić information content (AvgIpc) is 2.42. The third-order valence-electron chi connectivity index (χ3n) is 3.65. The van der Waals surface area contributed by atoms with E-state index in [0.717, 1.165) is 0 Å². The molecule has 0 unspecified atom stereocenters. The summed E-state index contributed by atoms with van der Waals surface area (Å²) >= 11 is 0. The standard InChI is InChI=1S/C15H18N2O3/c1-10-7-15(8-10,9-16)14(18)17-11-4-12(19-2)6-13(5-11)20-3/h4-6,10H,7-8H2,1-3H3,(H,17,18). The third kappa shape index (κ3) is 2.55. The minimum absolute atomic E-state index is 0.256. The van der Waals surface area contributed by atoms with Crippen molar-refractivity contribution < 1.29 is 14.3 Å². The van der Waals surface area contributed by atoms with Crippen LogP contribution in [0.4, 0.5) is 5.69 Å². The Morgan fingerprint density at radius 3 is 2.25 bits per heavy atom. The Labute approximate surface area is 118 Å². The summed E-state index contributed by atoms with van der Waals surface area (Å²) in [4.78, 5) is 12.3. The first-order chi connectivity index (χ1) is 9.52. The van der Waals surface area contributed by atoms with Crippen molar-refractivity contribution in [3.05, 3.63) is 18.2 Å². The molecule has 0 saturated heterocycles. The highest BCUT2D eigenvalue weighted by molar-refractivity contribution is 5.98. The van der Waals surface area contributed by atoms with Crippen LogP contribution in [0, 0.1) is 22.7 Å². The zero-order valence-corrected chi connectivity index (χ0v) is 11.9. The van der Waals surface area contributed by atoms with Crippen LogP contribution in [0.15, 0.2) is 18.2 Å². The van der Waals surface area contributed by atoms with E-state index in [0.29, 0.717) is 35.9 Å². The Hall–Kier alpha value is -2.22. The van der Waals surface area contributed by atoms with Crippen LogP contribution in [0.2, 0.25) is 0 Å². The lowest BCUT2D eigenvalue weighted by molar-refractivity contribution is -0.128. The van der Waals surface area contributed by atoms with E-state index in [4.69, 9.17) is 9.47 Å². The van der Waals surface area contributed by atoms with Crippen molar-refractivity contribution in [2.45, 2.75) is 19.8 Å². The van der Waals surface area contributed by atoms with Crippen molar-refractivity contribution in [2.24, 2.45) is 11.3 Å². The number of nitriles is 1. The van der Waals surface area contributed by atoms with Crippen molar-refractivity contribution in [3.8, 4) is 17.6 Å². The zero-order valence-electron chi connectivity index (χ0n) is 11.9. The van der Waals surface area contributed by atoms with Crippen molar-refractivity contribution >= 4 is 11.6 Å². The summed E-state index contributed by atoms with van der Waals surface area (Å²) in [7, 11) is 3.09. The molecule has 106 valence electrons. The second-order valence-corrected chi connectivity index (χ2v) is 5.26. The van der Waals surface area contributed by atoms with Gasteiger partial charge in [0.1, 0.15) is 16.9 Å². The Bertz CT molecular complexity index is 534. The molecular weight excluding hydrogens is 256 g/mol. The number of ether oxygens (including phenoxy) is 2. The number of methoxy groups -OCH3 is 2. The van der Waals surface area contributed by atoms with Crippen molar-refractivity contribution in [2.75, 3.05) is 19.5 Å². The Morgan fingerprint density at radius 2 is 1.85 bits per heavy atom. The number of hydrogen-bond donors (Lipinski definition) is 1. The van der Waals surface area contributed by atoms with E-state index in [2.05, 4.69) is 11.4 Å². The van der Waals surface area contributed by atoms with Gasteiger partial charge in [0.25, 0.3) is 0 Å². The first-order valence-corrected chi connectivity index (χ1v) is 6.49. The van der Waals surface area contributed by atoms with Gasteiger partial charge in [-0.05, 0) is 18.8 Å². The third-order valence-corrected chi connectivity index (χ3v) is 3.65. The molecule has 0 aromatic heterocycles. The lowest BCUT2D eigenvalue weighted by atomic mass is 9.63. The molecule has 5 nitrogen and oxygen atoms in total. The summed E-state index contributed by atoms with van der Waals surface area (Å²) in [5, 5.41) is 12.0. The average molecular weight is 274 g/mol. The maximum absolute atomic E-state index is 12.3. The molecule has 5 heteroatoms. The molecule has 1 aromatic rings. The molecule has 0 bridgehead atoms. The van der Waals surface area contributed by atoms with Gasteiger partial charge in [-0.3, -0.25) is 4.79 Å². The minimum atomic E-state index is -0.893. The van der Waals surface area contributed by atoms with Crippen LogP contribution in [0.25, 0.3) is 0 Å². The molecule has 1 fully saturated rings. The van der Waals surface area contributed by atoms with Crippen LogP contribution in [-0.4, -0.2) is 20.1 Å². The number of anilines is 1. The lowest BCUT2D eigenvalue weighted by Crippen LogP contribution is -2.45. The van der Waals surface area contributed by atoms with E-state index in [9.17, 15) is 10.1 Å². The molecule has 1 N–H and O–H groups in total. The van der Waals surface area contributed by atoms with Crippen LogP contribution in [0.5, 0.6) is 11.5 Å². The normalized spacial score (nSPS) is 24.2. The van der Waals surface area contributed by atoms with Gasteiger partial charge in [0.2, 0.25) is 5.91 Å². The molecule has 0 aliphatic heterocycles. The topological polar surface area (TPSA) is 71.3 Å².